The number of tetrazole rings is 1. The number of carbonyl (C=O) groups is 1. The van der Waals surface area contributed by atoms with Crippen LogP contribution in [0.2, 0.25) is 0 Å². The van der Waals surface area contributed by atoms with Crippen molar-refractivity contribution in [3.63, 3.8) is 0 Å². The van der Waals surface area contributed by atoms with Gasteiger partial charge in [-0.05, 0) is 53.7 Å². The fourth-order valence-corrected chi connectivity index (χ4v) is 2.67. The first-order chi connectivity index (χ1) is 11.6. The van der Waals surface area contributed by atoms with Crippen LogP contribution in [-0.2, 0) is 4.79 Å². The van der Waals surface area contributed by atoms with Crippen LogP contribution in [0.5, 0.6) is 0 Å². The predicted molar refractivity (Wildman–Crippen MR) is 89.6 cm³/mol. The molecular weight excluding hydrogens is 329 g/mol. The molecule has 2 aromatic carbocycles. The Morgan fingerprint density at radius 1 is 1.17 bits per heavy atom. The summed E-state index contributed by atoms with van der Waals surface area (Å²) >= 11 is 1.20. The van der Waals surface area contributed by atoms with Gasteiger partial charge >= 0.3 is 0 Å². The van der Waals surface area contributed by atoms with E-state index >= 15 is 0 Å². The van der Waals surface area contributed by atoms with Crippen molar-refractivity contribution in [2.24, 2.45) is 0 Å². The van der Waals surface area contributed by atoms with Gasteiger partial charge in [-0.1, -0.05) is 29.5 Å². The summed E-state index contributed by atoms with van der Waals surface area (Å²) in [4.78, 5) is 12.0. The highest BCUT2D eigenvalue weighted by molar-refractivity contribution is 7.99. The Hall–Kier alpha value is -2.74. The number of benzene rings is 2. The number of rotatable bonds is 5. The highest BCUT2D eigenvalue weighted by atomic mass is 32.2. The van der Waals surface area contributed by atoms with Gasteiger partial charge in [0.05, 0.1) is 11.4 Å². The molecule has 0 spiro atoms. The monoisotopic (exact) mass is 343 g/mol. The smallest absolute Gasteiger partial charge is 0.234 e. The lowest BCUT2D eigenvalue weighted by Crippen LogP contribution is -2.14. The molecule has 0 saturated carbocycles. The van der Waals surface area contributed by atoms with E-state index < -0.39 is 0 Å². The largest absolute Gasteiger partial charge is 0.325 e. The molecule has 24 heavy (non-hydrogen) atoms. The maximum absolute atomic E-state index is 13.0. The number of hydrogen-bond donors (Lipinski definition) is 1. The van der Waals surface area contributed by atoms with Crippen molar-refractivity contribution in [2.75, 3.05) is 11.1 Å². The van der Waals surface area contributed by atoms with E-state index in [-0.39, 0.29) is 17.5 Å². The zero-order valence-corrected chi connectivity index (χ0v) is 13.6. The molecule has 0 saturated heterocycles. The molecule has 0 aliphatic rings. The maximum Gasteiger partial charge on any atom is 0.234 e. The standard InChI is InChI=1S/C16H14FN5OS/c1-11-2-6-13(7-3-11)18-15(23)10-24-16-19-20-21-22(16)14-8-4-12(17)5-9-14/h2-9H,10H2,1H3,(H,18,23). The van der Waals surface area contributed by atoms with Gasteiger partial charge in [-0.2, -0.15) is 4.68 Å². The van der Waals surface area contributed by atoms with Crippen molar-refractivity contribution in [3.05, 3.63) is 59.9 Å². The fourth-order valence-electron chi connectivity index (χ4n) is 1.98. The van der Waals surface area contributed by atoms with Gasteiger partial charge in [-0.15, -0.1) is 5.10 Å². The Morgan fingerprint density at radius 3 is 2.58 bits per heavy atom. The Morgan fingerprint density at radius 2 is 1.88 bits per heavy atom. The van der Waals surface area contributed by atoms with Crippen LogP contribution in [0.3, 0.4) is 0 Å². The van der Waals surface area contributed by atoms with Crippen LogP contribution in [0, 0.1) is 12.7 Å². The fraction of sp³-hybridized carbons (Fsp3) is 0.125. The van der Waals surface area contributed by atoms with Crippen molar-refractivity contribution < 1.29 is 9.18 Å². The van der Waals surface area contributed by atoms with Crippen molar-refractivity contribution >= 4 is 23.4 Å². The number of anilines is 1. The SMILES string of the molecule is Cc1ccc(NC(=O)CSc2nnnn2-c2ccc(F)cc2)cc1. The lowest BCUT2D eigenvalue weighted by atomic mass is 10.2. The molecule has 0 aliphatic carbocycles. The normalized spacial score (nSPS) is 10.6. The minimum Gasteiger partial charge on any atom is -0.325 e. The van der Waals surface area contributed by atoms with Gasteiger partial charge < -0.3 is 5.32 Å². The molecule has 0 unspecified atom stereocenters. The molecule has 1 heterocycles. The van der Waals surface area contributed by atoms with E-state index in [9.17, 15) is 9.18 Å². The van der Waals surface area contributed by atoms with Crippen LogP contribution in [-0.4, -0.2) is 31.9 Å². The molecule has 1 N–H and O–H groups in total. The van der Waals surface area contributed by atoms with E-state index in [4.69, 9.17) is 0 Å². The van der Waals surface area contributed by atoms with Gasteiger partial charge in [0.2, 0.25) is 11.1 Å². The average Bonchev–Trinajstić information content (AvgIpc) is 3.04. The average molecular weight is 343 g/mol. The molecule has 0 atom stereocenters. The van der Waals surface area contributed by atoms with Gasteiger partial charge in [0.25, 0.3) is 0 Å². The van der Waals surface area contributed by atoms with Gasteiger partial charge in [-0.25, -0.2) is 4.39 Å². The molecule has 0 bridgehead atoms. The van der Waals surface area contributed by atoms with Crippen LogP contribution < -0.4 is 5.32 Å². The van der Waals surface area contributed by atoms with Crippen LogP contribution >= 0.6 is 11.8 Å². The van der Waals surface area contributed by atoms with Gasteiger partial charge in [0, 0.05) is 5.69 Å². The number of aryl methyl sites for hydroxylation is 1. The number of hydrogen-bond acceptors (Lipinski definition) is 5. The summed E-state index contributed by atoms with van der Waals surface area (Å²) in [5, 5.41) is 14.6. The van der Waals surface area contributed by atoms with Crippen LogP contribution in [0.1, 0.15) is 5.56 Å². The second-order valence-corrected chi connectivity index (χ2v) is 6.00. The Labute approximate surface area is 142 Å². The molecule has 122 valence electrons. The van der Waals surface area contributed by atoms with Gasteiger partial charge in [0.1, 0.15) is 5.82 Å². The van der Waals surface area contributed by atoms with Crippen LogP contribution in [0.25, 0.3) is 5.69 Å². The Bertz CT molecular complexity index is 832. The number of thioether (sulfide) groups is 1. The molecule has 8 heteroatoms. The van der Waals surface area contributed by atoms with Crippen molar-refractivity contribution in [1.82, 2.24) is 20.2 Å². The lowest BCUT2D eigenvalue weighted by Gasteiger charge is -2.06. The van der Waals surface area contributed by atoms with Crippen molar-refractivity contribution in [2.45, 2.75) is 12.1 Å². The third-order valence-corrected chi connectivity index (χ3v) is 4.10. The Balaban J connectivity index is 1.63. The summed E-state index contributed by atoms with van der Waals surface area (Å²) in [7, 11) is 0. The Kier molecular flexibility index (Phi) is 4.85. The van der Waals surface area contributed by atoms with Crippen molar-refractivity contribution in [3.8, 4) is 5.69 Å². The number of carbonyl (C=O) groups excluding carboxylic acids is 1. The van der Waals surface area contributed by atoms with Crippen LogP contribution in [0.15, 0.2) is 53.7 Å². The first-order valence-corrected chi connectivity index (χ1v) is 8.14. The summed E-state index contributed by atoms with van der Waals surface area (Å²) in [5.74, 6) is -0.328. The predicted octanol–water partition coefficient (Wildman–Crippen LogP) is 2.84. The maximum atomic E-state index is 13.0. The van der Waals surface area contributed by atoms with Crippen LogP contribution in [0.4, 0.5) is 10.1 Å². The molecular formula is C16H14FN5OS. The third kappa shape index (κ3) is 3.96. The van der Waals surface area contributed by atoms with E-state index in [1.54, 1.807) is 12.1 Å². The van der Waals surface area contributed by atoms with Gasteiger partial charge in [-0.3, -0.25) is 4.79 Å². The van der Waals surface area contributed by atoms with Gasteiger partial charge in [0.15, 0.2) is 0 Å². The van der Waals surface area contributed by atoms with Crippen molar-refractivity contribution in [1.29, 1.82) is 0 Å². The summed E-state index contributed by atoms with van der Waals surface area (Å²) < 4.78 is 14.5. The molecule has 1 amide bonds. The molecule has 0 fully saturated rings. The minimum atomic E-state index is -0.335. The third-order valence-electron chi connectivity index (χ3n) is 3.18. The van der Waals surface area contributed by atoms with E-state index in [0.717, 1.165) is 11.3 Å². The number of nitrogens with one attached hydrogen (secondary N) is 1. The number of amides is 1. The van der Waals surface area contributed by atoms with E-state index in [1.807, 2.05) is 31.2 Å². The highest BCUT2D eigenvalue weighted by Crippen LogP contribution is 2.19. The summed E-state index contributed by atoms with van der Waals surface area (Å²) in [6.45, 7) is 1.98. The first kappa shape index (κ1) is 16.1. The minimum absolute atomic E-state index is 0.155. The molecule has 3 rings (SSSR count). The number of aromatic nitrogens is 4. The highest BCUT2D eigenvalue weighted by Gasteiger charge is 2.11. The van der Waals surface area contributed by atoms with E-state index in [1.165, 1.54) is 28.6 Å². The van der Waals surface area contributed by atoms with E-state index in [0.29, 0.717) is 10.8 Å². The number of nitrogens with zero attached hydrogens (tertiary/aromatic N) is 4. The first-order valence-electron chi connectivity index (χ1n) is 7.15. The number of halogens is 1. The second kappa shape index (κ2) is 7.22. The molecule has 0 aliphatic heterocycles. The lowest BCUT2D eigenvalue weighted by molar-refractivity contribution is -0.113. The summed E-state index contributed by atoms with van der Waals surface area (Å²) in [6.07, 6.45) is 0. The summed E-state index contributed by atoms with van der Waals surface area (Å²) in [5.41, 5.74) is 2.49. The molecule has 1 aromatic heterocycles. The summed E-state index contributed by atoms with van der Waals surface area (Å²) in [6, 6.07) is 13.4. The zero-order chi connectivity index (χ0) is 16.9. The second-order valence-electron chi connectivity index (χ2n) is 5.05. The quantitative estimate of drug-likeness (QED) is 0.721. The molecule has 3 aromatic rings. The topological polar surface area (TPSA) is 72.7 Å². The molecule has 0 radical (unpaired) electrons. The zero-order valence-electron chi connectivity index (χ0n) is 12.8. The van der Waals surface area contributed by atoms with E-state index in [2.05, 4.69) is 20.8 Å². The molecule has 6 nitrogen and oxygen atoms in total.